The highest BCUT2D eigenvalue weighted by atomic mass is 32.2. The van der Waals surface area contributed by atoms with Gasteiger partial charge in [0.05, 0.1) is 17.1 Å². The fraction of sp³-hybridized carbons (Fsp3) is 0.233. The molecule has 4 aromatic rings. The Balaban J connectivity index is 1.20. The van der Waals surface area contributed by atoms with E-state index in [0.717, 1.165) is 34.1 Å². The van der Waals surface area contributed by atoms with Gasteiger partial charge in [-0.3, -0.25) is 9.69 Å². The van der Waals surface area contributed by atoms with Gasteiger partial charge < -0.3 is 10.1 Å². The monoisotopic (exact) mass is 608 g/mol. The van der Waals surface area contributed by atoms with Crippen LogP contribution >= 0.6 is 11.8 Å². The second kappa shape index (κ2) is 12.7. The summed E-state index contributed by atoms with van der Waals surface area (Å²) < 4.78 is 42.6. The van der Waals surface area contributed by atoms with Crippen molar-refractivity contribution in [2.24, 2.45) is 4.99 Å². The van der Waals surface area contributed by atoms with Crippen LogP contribution in [0.3, 0.4) is 0 Å². The molecule has 1 saturated heterocycles. The fourth-order valence-corrected chi connectivity index (χ4v) is 5.30. The lowest BCUT2D eigenvalue weighted by Gasteiger charge is -2.21. The van der Waals surface area contributed by atoms with Gasteiger partial charge in [-0.25, -0.2) is 14.5 Å². The molecular formula is C30H27F3N6O3S. The quantitative estimate of drug-likeness (QED) is 0.232. The molecule has 0 spiro atoms. The van der Waals surface area contributed by atoms with Crippen molar-refractivity contribution in [2.45, 2.75) is 32.5 Å². The number of para-hydroxylation sites is 1. The van der Waals surface area contributed by atoms with Crippen LogP contribution in [0.4, 0.5) is 28.4 Å². The number of thioether (sulfide) groups is 1. The highest BCUT2D eigenvalue weighted by Gasteiger charge is 2.32. The lowest BCUT2D eigenvalue weighted by molar-refractivity contribution is -0.274. The maximum absolute atomic E-state index is 12.7. The number of urea groups is 1. The fourth-order valence-electron chi connectivity index (χ4n) is 4.52. The van der Waals surface area contributed by atoms with E-state index in [4.69, 9.17) is 0 Å². The van der Waals surface area contributed by atoms with Gasteiger partial charge in [-0.15, -0.1) is 18.3 Å². The Morgan fingerprint density at radius 2 is 1.86 bits per heavy atom. The molecule has 0 radical (unpaired) electrons. The predicted octanol–water partition coefficient (Wildman–Crippen LogP) is 6.98. The first-order chi connectivity index (χ1) is 20.6. The van der Waals surface area contributed by atoms with Crippen molar-refractivity contribution >= 4 is 34.6 Å². The molecule has 13 heteroatoms. The van der Waals surface area contributed by atoms with Crippen molar-refractivity contribution in [3.63, 3.8) is 0 Å². The second-order valence-corrected chi connectivity index (χ2v) is 10.8. The smallest absolute Gasteiger partial charge is 0.406 e. The number of benzene rings is 3. The Hall–Kier alpha value is -4.65. The molecule has 0 bridgehead atoms. The maximum Gasteiger partial charge on any atom is 0.573 e. The second-order valence-electron chi connectivity index (χ2n) is 9.87. The topological polar surface area (TPSA) is 102 Å². The number of amidine groups is 1. The van der Waals surface area contributed by atoms with Gasteiger partial charge in [-0.2, -0.15) is 4.99 Å². The largest absolute Gasteiger partial charge is 0.573 e. The molecule has 3 amide bonds. The number of carbonyl (C=O) groups excluding carboxylic acids is 2. The maximum atomic E-state index is 12.7. The number of aliphatic imine (C=N–C) groups is 1. The molecule has 0 aliphatic carbocycles. The van der Waals surface area contributed by atoms with Crippen LogP contribution in [0.15, 0.2) is 84.1 Å². The number of nitrogens with zero attached hydrogens (tertiary/aromatic N) is 5. The van der Waals surface area contributed by atoms with Crippen molar-refractivity contribution in [3.05, 3.63) is 90.3 Å². The molecule has 2 heterocycles. The van der Waals surface area contributed by atoms with E-state index in [1.807, 2.05) is 62.4 Å². The molecule has 1 N–H and O–H groups in total. The average Bonchev–Trinajstić information content (AvgIpc) is 3.60. The minimum atomic E-state index is -4.76. The molecule has 1 aliphatic heterocycles. The number of hydrogen-bond acceptors (Lipinski definition) is 6. The first kappa shape index (κ1) is 29.8. The van der Waals surface area contributed by atoms with Crippen LogP contribution in [-0.2, 0) is 6.42 Å². The summed E-state index contributed by atoms with van der Waals surface area (Å²) in [4.78, 5) is 35.4. The van der Waals surface area contributed by atoms with Gasteiger partial charge in [0.25, 0.3) is 5.24 Å². The number of nitrogens with one attached hydrogen (secondary N) is 1. The predicted molar refractivity (Wildman–Crippen MR) is 159 cm³/mol. The van der Waals surface area contributed by atoms with E-state index in [1.54, 1.807) is 0 Å². The Labute approximate surface area is 249 Å². The highest BCUT2D eigenvalue weighted by molar-refractivity contribution is 8.15. The van der Waals surface area contributed by atoms with E-state index < -0.39 is 12.4 Å². The number of amides is 3. The standard InChI is InChI=1S/C30H27F3N6O3S/c1-19(2)24-8-3-4-9-25(24)39-26(17-43-29(39)41)36-28(40)34-15-14-20-6-5-7-21(16-20)27-35-18-38(37-27)22-10-12-23(13-11-22)42-30(31,32)33/h3-13,16,18-19H,14-15,17H2,1-2H3,(H,34,40)/b36-26+. The molecule has 0 atom stereocenters. The molecule has 3 aromatic carbocycles. The van der Waals surface area contributed by atoms with Crippen molar-refractivity contribution < 1.29 is 27.5 Å². The van der Waals surface area contributed by atoms with Crippen molar-refractivity contribution in [1.29, 1.82) is 0 Å². The minimum Gasteiger partial charge on any atom is -0.406 e. The number of halogens is 3. The van der Waals surface area contributed by atoms with Crippen molar-refractivity contribution in [3.8, 4) is 22.8 Å². The first-order valence-corrected chi connectivity index (χ1v) is 14.3. The van der Waals surface area contributed by atoms with Gasteiger partial charge in [0.1, 0.15) is 17.9 Å². The summed E-state index contributed by atoms with van der Waals surface area (Å²) in [5, 5.41) is 7.07. The van der Waals surface area contributed by atoms with Crippen LogP contribution in [0.1, 0.15) is 30.9 Å². The molecule has 9 nitrogen and oxygen atoms in total. The summed E-state index contributed by atoms with van der Waals surface area (Å²) in [6.07, 6.45) is -2.78. The molecule has 0 unspecified atom stereocenters. The van der Waals surface area contributed by atoms with Gasteiger partial charge in [0, 0.05) is 12.1 Å². The van der Waals surface area contributed by atoms with Crippen LogP contribution in [0.5, 0.6) is 5.75 Å². The minimum absolute atomic E-state index is 0.167. The summed E-state index contributed by atoms with van der Waals surface area (Å²) in [7, 11) is 0. The van der Waals surface area contributed by atoms with E-state index in [-0.39, 0.29) is 16.9 Å². The molecular weight excluding hydrogens is 581 g/mol. The Morgan fingerprint density at radius 3 is 2.60 bits per heavy atom. The number of carbonyl (C=O) groups is 2. The number of anilines is 1. The molecule has 0 saturated carbocycles. The summed E-state index contributed by atoms with van der Waals surface area (Å²) in [6.45, 7) is 4.41. The van der Waals surface area contributed by atoms with E-state index in [0.29, 0.717) is 36.1 Å². The normalized spacial score (nSPS) is 14.5. The number of hydrogen-bond donors (Lipinski definition) is 1. The SMILES string of the molecule is CC(C)c1ccccc1N1C(=O)SC/C1=N\C(=O)NCCc1cccc(-c2ncn(-c3ccc(OC(F)(F)F)cc3)n2)c1. The molecule has 43 heavy (non-hydrogen) atoms. The van der Waals surface area contributed by atoms with Gasteiger partial charge >= 0.3 is 12.4 Å². The number of alkyl halides is 3. The zero-order valence-electron chi connectivity index (χ0n) is 23.2. The lowest BCUT2D eigenvalue weighted by atomic mass is 10.0. The number of aromatic nitrogens is 3. The molecule has 1 aromatic heterocycles. The van der Waals surface area contributed by atoms with E-state index >= 15 is 0 Å². The van der Waals surface area contributed by atoms with Crippen LogP contribution in [-0.4, -0.2) is 50.5 Å². The lowest BCUT2D eigenvalue weighted by Crippen LogP contribution is -2.32. The van der Waals surface area contributed by atoms with Crippen molar-refractivity contribution in [2.75, 3.05) is 17.2 Å². The van der Waals surface area contributed by atoms with Gasteiger partial charge in [0.2, 0.25) is 0 Å². The Morgan fingerprint density at radius 1 is 1.09 bits per heavy atom. The van der Waals surface area contributed by atoms with Crippen LogP contribution in [0.2, 0.25) is 0 Å². The van der Waals surface area contributed by atoms with Crippen molar-refractivity contribution in [1.82, 2.24) is 20.1 Å². The van der Waals surface area contributed by atoms with Gasteiger partial charge in [0.15, 0.2) is 5.82 Å². The molecule has 5 rings (SSSR count). The number of ether oxygens (including phenoxy) is 1. The summed E-state index contributed by atoms with van der Waals surface area (Å²) in [6, 6.07) is 19.9. The van der Waals surface area contributed by atoms with Crippen LogP contribution < -0.4 is 15.0 Å². The third-order valence-electron chi connectivity index (χ3n) is 6.50. The van der Waals surface area contributed by atoms with E-state index in [1.165, 1.54) is 40.2 Å². The molecule has 1 aliphatic rings. The zero-order chi connectivity index (χ0) is 30.6. The zero-order valence-corrected chi connectivity index (χ0v) is 24.0. The summed E-state index contributed by atoms with van der Waals surface area (Å²) in [5.41, 5.74) is 3.91. The Bertz CT molecular complexity index is 1650. The third kappa shape index (κ3) is 7.41. The van der Waals surface area contributed by atoms with Crippen LogP contribution in [0, 0.1) is 0 Å². The summed E-state index contributed by atoms with van der Waals surface area (Å²) >= 11 is 1.11. The molecule has 222 valence electrons. The highest BCUT2D eigenvalue weighted by Crippen LogP contribution is 2.33. The Kier molecular flexibility index (Phi) is 8.81. The average molecular weight is 609 g/mol. The van der Waals surface area contributed by atoms with Gasteiger partial charge in [-0.05, 0) is 59.9 Å². The first-order valence-electron chi connectivity index (χ1n) is 13.4. The summed E-state index contributed by atoms with van der Waals surface area (Å²) in [5.74, 6) is 1.00. The molecule has 1 fully saturated rings. The van der Waals surface area contributed by atoms with E-state index in [9.17, 15) is 22.8 Å². The van der Waals surface area contributed by atoms with Crippen LogP contribution in [0.25, 0.3) is 17.1 Å². The third-order valence-corrected chi connectivity index (χ3v) is 7.33. The number of rotatable bonds is 8. The van der Waals surface area contributed by atoms with Gasteiger partial charge in [-0.1, -0.05) is 62.0 Å². The van der Waals surface area contributed by atoms with E-state index in [2.05, 4.69) is 25.1 Å².